The van der Waals surface area contributed by atoms with Crippen LogP contribution < -0.4 is 14.9 Å². The summed E-state index contributed by atoms with van der Waals surface area (Å²) in [5.74, 6) is 1.54. The molecule has 0 unspecified atom stereocenters. The summed E-state index contributed by atoms with van der Waals surface area (Å²) in [6.07, 6.45) is 5.31. The Morgan fingerprint density at radius 2 is 1.28 bits per heavy atom. The van der Waals surface area contributed by atoms with E-state index < -0.39 is 0 Å². The molecule has 1 saturated heterocycles. The van der Waals surface area contributed by atoms with Gasteiger partial charge in [0.05, 0.1) is 33.5 Å². The predicted molar refractivity (Wildman–Crippen MR) is 134 cm³/mol. The first-order valence-electron chi connectivity index (χ1n) is 11.0. The van der Waals surface area contributed by atoms with Gasteiger partial charge in [-0.1, -0.05) is 45.2 Å². The third kappa shape index (κ3) is 5.95. The Kier molecular flexibility index (Phi) is 7.10. The maximum atomic E-state index is 6.29. The molecule has 2 aromatic carbocycles. The van der Waals surface area contributed by atoms with Gasteiger partial charge in [-0.15, -0.1) is 0 Å². The van der Waals surface area contributed by atoms with Crippen molar-refractivity contribution in [3.8, 4) is 11.5 Å². The summed E-state index contributed by atoms with van der Waals surface area (Å²) in [6.45, 7) is 8.16. The van der Waals surface area contributed by atoms with Crippen LogP contribution >= 0.6 is 39.1 Å². The van der Waals surface area contributed by atoms with Gasteiger partial charge in [-0.3, -0.25) is 0 Å². The summed E-state index contributed by atoms with van der Waals surface area (Å²) >= 11 is 15.6. The highest BCUT2D eigenvalue weighted by atomic mass is 79.9. The smallest absolute Gasteiger partial charge is 0.489 e. The summed E-state index contributed by atoms with van der Waals surface area (Å²) in [6, 6.07) is 11.4. The van der Waals surface area contributed by atoms with E-state index >= 15 is 0 Å². The average molecular weight is 542 g/mol. The van der Waals surface area contributed by atoms with Crippen molar-refractivity contribution in [1.29, 1.82) is 0 Å². The molecule has 0 spiro atoms. The van der Waals surface area contributed by atoms with Gasteiger partial charge < -0.3 is 18.8 Å². The average Bonchev–Trinajstić information content (AvgIpc) is 3.61. The minimum atomic E-state index is -0.382. The molecule has 0 radical (unpaired) electrons. The van der Waals surface area contributed by atoms with Crippen LogP contribution in [0.5, 0.6) is 11.5 Å². The zero-order chi connectivity index (χ0) is 23.1. The van der Waals surface area contributed by atoms with Gasteiger partial charge in [0.2, 0.25) is 0 Å². The van der Waals surface area contributed by atoms with Crippen LogP contribution in [0.25, 0.3) is 0 Å². The van der Waals surface area contributed by atoms with Gasteiger partial charge in [-0.2, -0.15) is 0 Å². The first kappa shape index (κ1) is 24.2. The van der Waals surface area contributed by atoms with E-state index in [2.05, 4.69) is 15.9 Å². The lowest BCUT2D eigenvalue weighted by Gasteiger charge is -2.32. The van der Waals surface area contributed by atoms with Crippen molar-refractivity contribution < 1.29 is 18.8 Å². The fourth-order valence-electron chi connectivity index (χ4n) is 3.04. The van der Waals surface area contributed by atoms with E-state index in [9.17, 15) is 0 Å². The number of rotatable bonds is 5. The van der Waals surface area contributed by atoms with E-state index in [4.69, 9.17) is 42.0 Å². The van der Waals surface area contributed by atoms with Crippen LogP contribution in [0.4, 0.5) is 0 Å². The minimum absolute atomic E-state index is 0.340. The molecule has 0 N–H and O–H groups in total. The topological polar surface area (TPSA) is 36.9 Å². The maximum Gasteiger partial charge on any atom is 0.494 e. The summed E-state index contributed by atoms with van der Waals surface area (Å²) in [7, 11) is -0.382. The lowest BCUT2D eigenvalue weighted by molar-refractivity contribution is 0.00578. The highest BCUT2D eigenvalue weighted by molar-refractivity contribution is 9.10. The molecule has 172 valence electrons. The SMILES string of the molecule is CC1(C)OB(c2ccc(OC3CC3)c(Cl)c2)OC1(C)C.Clc1cc(Br)ccc1OC1CC1. The molecule has 0 bridgehead atoms. The quantitative estimate of drug-likeness (QED) is 0.389. The van der Waals surface area contributed by atoms with Crippen LogP contribution in [0.3, 0.4) is 0 Å². The Morgan fingerprint density at radius 1 is 0.812 bits per heavy atom. The molecular formula is C24H28BBrCl2O4. The van der Waals surface area contributed by atoms with Gasteiger partial charge >= 0.3 is 7.12 Å². The van der Waals surface area contributed by atoms with Crippen molar-refractivity contribution in [1.82, 2.24) is 0 Å². The second kappa shape index (κ2) is 9.38. The van der Waals surface area contributed by atoms with Crippen molar-refractivity contribution >= 4 is 51.7 Å². The number of benzene rings is 2. The van der Waals surface area contributed by atoms with Crippen LogP contribution in [0.1, 0.15) is 53.4 Å². The summed E-state index contributed by atoms with van der Waals surface area (Å²) in [5, 5.41) is 1.29. The predicted octanol–water partition coefficient (Wildman–Crippen LogP) is 6.82. The summed E-state index contributed by atoms with van der Waals surface area (Å²) in [5.41, 5.74) is 0.248. The van der Waals surface area contributed by atoms with Gasteiger partial charge in [0.1, 0.15) is 11.5 Å². The van der Waals surface area contributed by atoms with Crippen LogP contribution in [0.15, 0.2) is 40.9 Å². The molecule has 2 saturated carbocycles. The third-order valence-corrected chi connectivity index (χ3v) is 7.10. The summed E-state index contributed by atoms with van der Waals surface area (Å²) < 4.78 is 24.3. The van der Waals surface area contributed by atoms with Gasteiger partial charge in [-0.25, -0.2) is 0 Å². The van der Waals surface area contributed by atoms with Crippen molar-refractivity contribution in [3.63, 3.8) is 0 Å². The largest absolute Gasteiger partial charge is 0.494 e. The first-order chi connectivity index (χ1) is 15.0. The number of hydrogen-bond donors (Lipinski definition) is 0. The number of halogens is 3. The van der Waals surface area contributed by atoms with Crippen molar-refractivity contribution in [2.75, 3.05) is 0 Å². The highest BCUT2D eigenvalue weighted by Crippen LogP contribution is 2.37. The van der Waals surface area contributed by atoms with E-state index in [0.717, 1.165) is 47.1 Å². The summed E-state index contributed by atoms with van der Waals surface area (Å²) in [4.78, 5) is 0. The number of ether oxygens (including phenoxy) is 2. The molecule has 2 aromatic rings. The highest BCUT2D eigenvalue weighted by Gasteiger charge is 2.51. The van der Waals surface area contributed by atoms with Crippen LogP contribution in [-0.4, -0.2) is 30.5 Å². The normalized spacial score (nSPS) is 21.0. The molecular weight excluding hydrogens is 514 g/mol. The Morgan fingerprint density at radius 3 is 1.72 bits per heavy atom. The lowest BCUT2D eigenvalue weighted by atomic mass is 9.79. The molecule has 32 heavy (non-hydrogen) atoms. The maximum absolute atomic E-state index is 6.29. The Labute approximate surface area is 209 Å². The van der Waals surface area contributed by atoms with E-state index in [1.165, 1.54) is 0 Å². The molecule has 5 rings (SSSR count). The Bertz CT molecular complexity index is 960. The van der Waals surface area contributed by atoms with E-state index in [-0.39, 0.29) is 18.3 Å². The molecule has 1 heterocycles. The zero-order valence-corrected chi connectivity index (χ0v) is 21.9. The van der Waals surface area contributed by atoms with Gasteiger partial charge in [0, 0.05) is 4.47 Å². The second-order valence-electron chi connectivity index (χ2n) is 9.49. The fourth-order valence-corrected chi connectivity index (χ4v) is 3.99. The third-order valence-electron chi connectivity index (χ3n) is 6.01. The van der Waals surface area contributed by atoms with Crippen LogP contribution in [-0.2, 0) is 9.31 Å². The minimum Gasteiger partial charge on any atom is -0.489 e. The first-order valence-corrected chi connectivity index (χ1v) is 12.5. The standard InChI is InChI=1S/C15H20BClO3.C9H8BrClO/c1-14(2)15(3,4)20-16(19-14)10-5-8-13(12(17)9-10)18-11-6-7-11;10-6-1-4-9(8(11)5-6)12-7-2-3-7/h5,8-9,11H,6-7H2,1-4H3;1,4-5,7H,2-3H2. The number of hydrogen-bond acceptors (Lipinski definition) is 4. The monoisotopic (exact) mass is 540 g/mol. The Hall–Kier alpha value is -0.915. The molecule has 0 amide bonds. The van der Waals surface area contributed by atoms with E-state index in [1.807, 2.05) is 64.1 Å². The molecule has 0 aromatic heterocycles. The van der Waals surface area contributed by atoms with E-state index in [0.29, 0.717) is 22.3 Å². The van der Waals surface area contributed by atoms with Crippen LogP contribution in [0.2, 0.25) is 10.0 Å². The molecule has 8 heteroatoms. The van der Waals surface area contributed by atoms with Gasteiger partial charge in [0.25, 0.3) is 0 Å². The molecule has 1 aliphatic heterocycles. The van der Waals surface area contributed by atoms with Crippen LogP contribution in [0, 0.1) is 0 Å². The second-order valence-corrected chi connectivity index (χ2v) is 11.2. The van der Waals surface area contributed by atoms with Gasteiger partial charge in [0.15, 0.2) is 0 Å². The molecule has 3 fully saturated rings. The lowest BCUT2D eigenvalue weighted by Crippen LogP contribution is -2.41. The van der Waals surface area contributed by atoms with Crippen molar-refractivity contribution in [2.24, 2.45) is 0 Å². The Balaban J connectivity index is 0.000000174. The fraction of sp³-hybridized carbons (Fsp3) is 0.500. The molecule has 0 atom stereocenters. The zero-order valence-electron chi connectivity index (χ0n) is 18.8. The van der Waals surface area contributed by atoms with Gasteiger partial charge in [-0.05, 0) is 89.2 Å². The van der Waals surface area contributed by atoms with Crippen molar-refractivity contribution in [3.05, 3.63) is 50.9 Å². The molecule has 2 aliphatic carbocycles. The van der Waals surface area contributed by atoms with E-state index in [1.54, 1.807) is 0 Å². The van der Waals surface area contributed by atoms with Crippen molar-refractivity contribution in [2.45, 2.75) is 76.8 Å². The molecule has 3 aliphatic rings. The molecule has 4 nitrogen and oxygen atoms in total.